The van der Waals surface area contributed by atoms with Gasteiger partial charge in [-0.2, -0.15) is 0 Å². The average molecular weight is 375 g/mol. The number of methoxy groups -OCH3 is 1. The molecule has 0 atom stereocenters. The third-order valence-corrected chi connectivity index (χ3v) is 4.02. The van der Waals surface area contributed by atoms with Crippen molar-refractivity contribution >= 4 is 40.8 Å². The molecule has 1 N–H and O–H groups in total. The molecule has 0 saturated heterocycles. The highest BCUT2D eigenvalue weighted by Crippen LogP contribution is 2.23. The number of hydrogen-bond donors (Lipinski definition) is 1. The summed E-state index contributed by atoms with van der Waals surface area (Å²) in [6.45, 7) is 1.49. The van der Waals surface area contributed by atoms with Crippen LogP contribution in [0.15, 0.2) is 48.5 Å². The van der Waals surface area contributed by atoms with Gasteiger partial charge in [0.2, 0.25) is 11.8 Å². The fourth-order valence-electron chi connectivity index (χ4n) is 2.43. The van der Waals surface area contributed by atoms with Crippen molar-refractivity contribution in [3.63, 3.8) is 0 Å². The summed E-state index contributed by atoms with van der Waals surface area (Å²) in [5.74, 6) is -1.13. The number of carbonyl (C=O) groups excluding carboxylic acids is 3. The Hall–Kier alpha value is -2.86. The number of para-hydroxylation sites is 2. The van der Waals surface area contributed by atoms with E-state index in [1.165, 1.54) is 18.9 Å². The Morgan fingerprint density at radius 2 is 1.73 bits per heavy atom. The van der Waals surface area contributed by atoms with Crippen LogP contribution in [0, 0.1) is 0 Å². The zero-order valence-electron chi connectivity index (χ0n) is 14.5. The van der Waals surface area contributed by atoms with Crippen molar-refractivity contribution in [3.8, 4) is 0 Å². The number of anilines is 2. The third-order valence-electron chi connectivity index (χ3n) is 3.69. The lowest BCUT2D eigenvalue weighted by atomic mass is 10.1. The molecular formula is C19H19ClN2O4. The van der Waals surface area contributed by atoms with Crippen molar-refractivity contribution in [2.45, 2.75) is 13.3 Å². The number of esters is 1. The molecule has 2 rings (SSSR count). The molecule has 2 aromatic rings. The van der Waals surface area contributed by atoms with E-state index in [2.05, 4.69) is 5.32 Å². The van der Waals surface area contributed by atoms with Gasteiger partial charge in [0.25, 0.3) is 0 Å². The molecule has 2 amide bonds. The van der Waals surface area contributed by atoms with Gasteiger partial charge in [-0.1, -0.05) is 35.9 Å². The van der Waals surface area contributed by atoms with Crippen LogP contribution in [0.3, 0.4) is 0 Å². The second kappa shape index (κ2) is 9.01. The van der Waals surface area contributed by atoms with Crippen LogP contribution in [0.1, 0.15) is 23.7 Å². The monoisotopic (exact) mass is 374 g/mol. The summed E-state index contributed by atoms with van der Waals surface area (Å²) in [6.07, 6.45) is 0.0420. The predicted octanol–water partition coefficient (Wildman–Crippen LogP) is 3.51. The molecule has 0 aliphatic carbocycles. The molecule has 136 valence electrons. The number of ether oxygens (including phenoxy) is 1. The van der Waals surface area contributed by atoms with Gasteiger partial charge in [0.1, 0.15) is 0 Å². The lowest BCUT2D eigenvalue weighted by molar-refractivity contribution is -0.117. The fourth-order valence-corrected chi connectivity index (χ4v) is 2.61. The number of rotatable bonds is 6. The summed E-state index contributed by atoms with van der Waals surface area (Å²) < 4.78 is 4.75. The lowest BCUT2D eigenvalue weighted by Crippen LogP contribution is -2.33. The molecule has 0 radical (unpaired) electrons. The maximum Gasteiger partial charge on any atom is 0.339 e. The number of amides is 2. The van der Waals surface area contributed by atoms with E-state index >= 15 is 0 Å². The maximum absolute atomic E-state index is 12.2. The van der Waals surface area contributed by atoms with E-state index in [0.29, 0.717) is 16.4 Å². The summed E-state index contributed by atoms with van der Waals surface area (Å²) in [6, 6.07) is 13.5. The zero-order valence-corrected chi connectivity index (χ0v) is 15.2. The van der Waals surface area contributed by atoms with Crippen LogP contribution in [-0.4, -0.2) is 31.4 Å². The summed E-state index contributed by atoms with van der Waals surface area (Å²) in [4.78, 5) is 37.5. The summed E-state index contributed by atoms with van der Waals surface area (Å²) >= 11 is 6.02. The van der Waals surface area contributed by atoms with Gasteiger partial charge in [0, 0.05) is 19.9 Å². The standard InChI is InChI=1S/C19H19ClN2O4/c1-13(23)22(17-10-6-3-7-14(17)19(25)26-2)12-11-18(24)21-16-9-5-4-8-15(16)20/h3-10H,11-12H2,1-2H3,(H,21,24). The Kier molecular flexibility index (Phi) is 6.74. The molecule has 0 heterocycles. The highest BCUT2D eigenvalue weighted by Gasteiger charge is 2.20. The Balaban J connectivity index is 2.12. The van der Waals surface area contributed by atoms with E-state index in [-0.39, 0.29) is 30.3 Å². The Labute approximate surface area is 156 Å². The van der Waals surface area contributed by atoms with Crippen molar-refractivity contribution in [3.05, 3.63) is 59.1 Å². The second-order valence-corrected chi connectivity index (χ2v) is 5.86. The fraction of sp³-hybridized carbons (Fsp3) is 0.211. The Morgan fingerprint density at radius 1 is 1.08 bits per heavy atom. The quantitative estimate of drug-likeness (QED) is 0.785. The van der Waals surface area contributed by atoms with Crippen LogP contribution in [0.2, 0.25) is 5.02 Å². The van der Waals surface area contributed by atoms with Crippen molar-refractivity contribution in [1.82, 2.24) is 0 Å². The highest BCUT2D eigenvalue weighted by atomic mass is 35.5. The van der Waals surface area contributed by atoms with Crippen molar-refractivity contribution in [2.75, 3.05) is 23.9 Å². The first-order valence-electron chi connectivity index (χ1n) is 7.94. The molecule has 2 aromatic carbocycles. The Morgan fingerprint density at radius 3 is 2.38 bits per heavy atom. The van der Waals surface area contributed by atoms with Crippen LogP contribution >= 0.6 is 11.6 Å². The van der Waals surface area contributed by atoms with Gasteiger partial charge in [-0.25, -0.2) is 4.79 Å². The van der Waals surface area contributed by atoms with Gasteiger partial charge in [0.05, 0.1) is 29.1 Å². The molecular weight excluding hydrogens is 356 g/mol. The molecule has 0 unspecified atom stereocenters. The number of halogens is 1. The van der Waals surface area contributed by atoms with Crippen molar-refractivity contribution in [1.29, 1.82) is 0 Å². The third kappa shape index (κ3) is 4.83. The summed E-state index contributed by atoms with van der Waals surface area (Å²) in [5, 5.41) is 3.13. The average Bonchev–Trinajstić information content (AvgIpc) is 2.63. The van der Waals surface area contributed by atoms with Gasteiger partial charge >= 0.3 is 5.97 Å². The van der Waals surface area contributed by atoms with Crippen molar-refractivity contribution in [2.24, 2.45) is 0 Å². The first-order valence-corrected chi connectivity index (χ1v) is 8.31. The minimum Gasteiger partial charge on any atom is -0.465 e. The first-order chi connectivity index (χ1) is 12.4. The van der Waals surface area contributed by atoms with Gasteiger partial charge in [-0.05, 0) is 24.3 Å². The van der Waals surface area contributed by atoms with E-state index in [9.17, 15) is 14.4 Å². The molecule has 0 fully saturated rings. The van der Waals surface area contributed by atoms with Crippen LogP contribution < -0.4 is 10.2 Å². The van der Waals surface area contributed by atoms with Crippen LogP contribution in [0.25, 0.3) is 0 Å². The molecule has 7 heteroatoms. The van der Waals surface area contributed by atoms with Crippen LogP contribution in [-0.2, 0) is 14.3 Å². The summed E-state index contributed by atoms with van der Waals surface area (Å²) in [7, 11) is 1.27. The molecule has 26 heavy (non-hydrogen) atoms. The van der Waals surface area contributed by atoms with Crippen LogP contribution in [0.4, 0.5) is 11.4 Å². The molecule has 0 bridgehead atoms. The lowest BCUT2D eigenvalue weighted by Gasteiger charge is -2.23. The SMILES string of the molecule is COC(=O)c1ccccc1N(CCC(=O)Nc1ccccc1Cl)C(C)=O. The molecule has 0 aliphatic rings. The van der Waals surface area contributed by atoms with E-state index in [1.54, 1.807) is 48.5 Å². The minimum absolute atomic E-state index is 0.0420. The second-order valence-electron chi connectivity index (χ2n) is 5.46. The smallest absolute Gasteiger partial charge is 0.339 e. The molecule has 0 saturated carbocycles. The summed E-state index contributed by atoms with van der Waals surface area (Å²) in [5.41, 5.74) is 1.16. The number of benzene rings is 2. The Bertz CT molecular complexity index is 823. The minimum atomic E-state index is -0.549. The molecule has 0 aliphatic heterocycles. The van der Waals surface area contributed by atoms with E-state index < -0.39 is 5.97 Å². The number of hydrogen-bond acceptors (Lipinski definition) is 4. The predicted molar refractivity (Wildman–Crippen MR) is 101 cm³/mol. The van der Waals surface area contributed by atoms with Gasteiger partial charge < -0.3 is 15.0 Å². The number of nitrogens with zero attached hydrogens (tertiary/aromatic N) is 1. The maximum atomic E-state index is 12.2. The van der Waals surface area contributed by atoms with E-state index in [1.807, 2.05) is 0 Å². The zero-order chi connectivity index (χ0) is 19.1. The van der Waals surface area contributed by atoms with E-state index in [0.717, 1.165) is 0 Å². The highest BCUT2D eigenvalue weighted by molar-refractivity contribution is 6.33. The molecule has 0 aromatic heterocycles. The number of nitrogens with one attached hydrogen (secondary N) is 1. The molecule has 0 spiro atoms. The van der Waals surface area contributed by atoms with E-state index in [4.69, 9.17) is 16.3 Å². The normalized spacial score (nSPS) is 10.1. The topological polar surface area (TPSA) is 75.7 Å². The van der Waals surface area contributed by atoms with Gasteiger partial charge in [0.15, 0.2) is 0 Å². The van der Waals surface area contributed by atoms with Crippen molar-refractivity contribution < 1.29 is 19.1 Å². The van der Waals surface area contributed by atoms with Crippen LogP contribution in [0.5, 0.6) is 0 Å². The first kappa shape index (κ1) is 19.5. The van der Waals surface area contributed by atoms with Gasteiger partial charge in [-0.3, -0.25) is 9.59 Å². The van der Waals surface area contributed by atoms with Gasteiger partial charge in [-0.15, -0.1) is 0 Å². The molecule has 6 nitrogen and oxygen atoms in total. The largest absolute Gasteiger partial charge is 0.465 e. The number of carbonyl (C=O) groups is 3.